The van der Waals surface area contributed by atoms with Gasteiger partial charge in [0.15, 0.2) is 5.11 Å². The number of nitrogens with one attached hydrogen (secondary N) is 2. The van der Waals surface area contributed by atoms with Gasteiger partial charge in [-0.15, -0.1) is 0 Å². The zero-order valence-corrected chi connectivity index (χ0v) is 14.5. The lowest BCUT2D eigenvalue weighted by molar-refractivity contribution is 0.521. The van der Waals surface area contributed by atoms with E-state index in [4.69, 9.17) is 12.2 Å². The molecule has 0 radical (unpaired) electrons. The molecular formula is C14H23N3O2S2. The second-order valence-corrected chi connectivity index (χ2v) is 7.66. The fourth-order valence-corrected chi connectivity index (χ4v) is 3.11. The minimum Gasteiger partial charge on any atom is -0.360 e. The van der Waals surface area contributed by atoms with E-state index in [9.17, 15) is 8.42 Å². The summed E-state index contributed by atoms with van der Waals surface area (Å²) in [6.45, 7) is 4.18. The van der Waals surface area contributed by atoms with Crippen LogP contribution in [0.5, 0.6) is 0 Å². The number of sulfonamides is 1. The van der Waals surface area contributed by atoms with Crippen LogP contribution in [0.25, 0.3) is 0 Å². The van der Waals surface area contributed by atoms with Gasteiger partial charge in [0.1, 0.15) is 0 Å². The summed E-state index contributed by atoms with van der Waals surface area (Å²) in [5.74, 6) is 0. The Morgan fingerprint density at radius 1 is 1.38 bits per heavy atom. The summed E-state index contributed by atoms with van der Waals surface area (Å²) in [4.78, 5) is 0.238. The Labute approximate surface area is 132 Å². The molecule has 0 aliphatic rings. The zero-order valence-electron chi connectivity index (χ0n) is 12.9. The van der Waals surface area contributed by atoms with Crippen LogP contribution in [0, 0.1) is 0 Å². The highest BCUT2D eigenvalue weighted by molar-refractivity contribution is 7.89. The molecule has 1 rings (SSSR count). The Morgan fingerprint density at radius 2 is 2.05 bits per heavy atom. The largest absolute Gasteiger partial charge is 0.360 e. The van der Waals surface area contributed by atoms with E-state index >= 15 is 0 Å². The van der Waals surface area contributed by atoms with Gasteiger partial charge in [0.25, 0.3) is 0 Å². The number of hydrogen-bond acceptors (Lipinski definition) is 3. The minimum absolute atomic E-state index is 0.238. The van der Waals surface area contributed by atoms with Crippen LogP contribution in [0.1, 0.15) is 26.7 Å². The summed E-state index contributed by atoms with van der Waals surface area (Å²) >= 11 is 5.23. The molecule has 0 saturated carbocycles. The van der Waals surface area contributed by atoms with Crippen molar-refractivity contribution in [3.63, 3.8) is 0 Å². The lowest BCUT2D eigenvalue weighted by Crippen LogP contribution is -2.35. The van der Waals surface area contributed by atoms with Gasteiger partial charge in [-0.1, -0.05) is 19.4 Å². The molecule has 0 heterocycles. The Morgan fingerprint density at radius 3 is 2.62 bits per heavy atom. The quantitative estimate of drug-likeness (QED) is 0.785. The van der Waals surface area contributed by atoms with Crippen molar-refractivity contribution in [1.29, 1.82) is 0 Å². The predicted molar refractivity (Wildman–Crippen MR) is 91.0 cm³/mol. The van der Waals surface area contributed by atoms with Gasteiger partial charge >= 0.3 is 0 Å². The predicted octanol–water partition coefficient (Wildman–Crippen LogP) is 2.41. The van der Waals surface area contributed by atoms with Gasteiger partial charge in [0.2, 0.25) is 10.0 Å². The van der Waals surface area contributed by atoms with Gasteiger partial charge in [0.05, 0.1) is 4.90 Å². The first-order valence-electron chi connectivity index (χ1n) is 6.87. The van der Waals surface area contributed by atoms with Crippen LogP contribution in [0.15, 0.2) is 29.2 Å². The van der Waals surface area contributed by atoms with E-state index in [1.165, 1.54) is 18.4 Å². The highest BCUT2D eigenvalue weighted by Crippen LogP contribution is 2.17. The molecule has 0 bridgehead atoms. The first kappa shape index (κ1) is 17.9. The molecule has 0 fully saturated rings. The summed E-state index contributed by atoms with van der Waals surface area (Å²) in [7, 11) is -0.421. The Hall–Kier alpha value is -1.18. The van der Waals surface area contributed by atoms with E-state index in [2.05, 4.69) is 24.5 Å². The third kappa shape index (κ3) is 5.26. The van der Waals surface area contributed by atoms with Crippen molar-refractivity contribution in [2.24, 2.45) is 0 Å². The van der Waals surface area contributed by atoms with E-state index < -0.39 is 10.0 Å². The Bertz CT molecular complexity index is 586. The number of nitrogens with zero attached hydrogens (tertiary/aromatic N) is 1. The molecular weight excluding hydrogens is 306 g/mol. The maximum Gasteiger partial charge on any atom is 0.242 e. The van der Waals surface area contributed by atoms with Gasteiger partial charge in [-0.2, -0.15) is 0 Å². The molecule has 0 amide bonds. The molecule has 2 N–H and O–H groups in total. The smallest absolute Gasteiger partial charge is 0.242 e. The highest BCUT2D eigenvalue weighted by atomic mass is 32.2. The average Bonchev–Trinajstić information content (AvgIpc) is 2.38. The molecule has 118 valence electrons. The molecule has 0 saturated heterocycles. The number of rotatable bonds is 6. The molecule has 0 unspecified atom stereocenters. The van der Waals surface area contributed by atoms with E-state index in [-0.39, 0.29) is 10.9 Å². The van der Waals surface area contributed by atoms with Crippen molar-refractivity contribution in [1.82, 2.24) is 9.62 Å². The molecule has 0 spiro atoms. The molecule has 21 heavy (non-hydrogen) atoms. The van der Waals surface area contributed by atoms with Crippen LogP contribution in [-0.4, -0.2) is 38.0 Å². The van der Waals surface area contributed by atoms with Gasteiger partial charge in [0, 0.05) is 25.8 Å². The molecule has 0 aliphatic heterocycles. The molecule has 5 nitrogen and oxygen atoms in total. The average molecular weight is 329 g/mol. The third-order valence-corrected chi connectivity index (χ3v) is 5.00. The van der Waals surface area contributed by atoms with Crippen LogP contribution >= 0.6 is 12.2 Å². The lowest BCUT2D eigenvalue weighted by Gasteiger charge is -2.17. The van der Waals surface area contributed by atoms with E-state index in [1.807, 2.05) is 0 Å². The Kier molecular flexibility index (Phi) is 6.57. The summed E-state index contributed by atoms with van der Waals surface area (Å²) < 4.78 is 25.4. The summed E-state index contributed by atoms with van der Waals surface area (Å²) in [5, 5.41) is 6.69. The van der Waals surface area contributed by atoms with Crippen LogP contribution in [0.2, 0.25) is 0 Å². The molecule has 1 aromatic carbocycles. The molecule has 1 atom stereocenters. The molecule has 0 aliphatic carbocycles. The first-order valence-corrected chi connectivity index (χ1v) is 8.72. The van der Waals surface area contributed by atoms with E-state index in [0.717, 1.165) is 12.8 Å². The summed E-state index contributed by atoms with van der Waals surface area (Å²) in [6.07, 6.45) is 2.10. The second kappa shape index (κ2) is 7.72. The van der Waals surface area contributed by atoms with Gasteiger partial charge in [-0.05, 0) is 43.8 Å². The number of benzene rings is 1. The topological polar surface area (TPSA) is 61.4 Å². The SMILES string of the molecule is CCC[C@H](C)NC(=S)Nc1cccc(S(=O)(=O)N(C)C)c1. The normalized spacial score (nSPS) is 13.0. The number of hydrogen-bond donors (Lipinski definition) is 2. The van der Waals surface area contributed by atoms with Crippen LogP contribution in [0.4, 0.5) is 5.69 Å². The first-order chi connectivity index (χ1) is 9.77. The van der Waals surface area contributed by atoms with Crippen LogP contribution in [0.3, 0.4) is 0 Å². The maximum atomic E-state index is 12.1. The van der Waals surface area contributed by atoms with Crippen LogP contribution < -0.4 is 10.6 Å². The minimum atomic E-state index is -3.44. The van der Waals surface area contributed by atoms with E-state index in [1.54, 1.807) is 24.3 Å². The van der Waals surface area contributed by atoms with Gasteiger partial charge in [-0.3, -0.25) is 0 Å². The maximum absolute atomic E-state index is 12.1. The standard InChI is InChI=1S/C14H23N3O2S2/c1-5-7-11(2)15-14(20)16-12-8-6-9-13(10-12)21(18,19)17(3)4/h6,8-11H,5,7H2,1-4H3,(H2,15,16,20)/t11-/m0/s1. The van der Waals surface area contributed by atoms with Gasteiger partial charge < -0.3 is 10.6 Å². The number of thiocarbonyl (C=S) groups is 1. The summed E-state index contributed by atoms with van der Waals surface area (Å²) in [5.41, 5.74) is 0.652. The molecule has 1 aromatic rings. The third-order valence-electron chi connectivity index (χ3n) is 2.97. The van der Waals surface area contributed by atoms with Crippen molar-refractivity contribution in [3.8, 4) is 0 Å². The summed E-state index contributed by atoms with van der Waals surface area (Å²) in [6, 6.07) is 6.90. The highest BCUT2D eigenvalue weighted by Gasteiger charge is 2.17. The fraction of sp³-hybridized carbons (Fsp3) is 0.500. The van der Waals surface area contributed by atoms with Crippen molar-refractivity contribution < 1.29 is 8.42 Å². The number of anilines is 1. The lowest BCUT2D eigenvalue weighted by atomic mass is 10.2. The Balaban J connectivity index is 2.80. The molecule has 7 heteroatoms. The zero-order chi connectivity index (χ0) is 16.0. The van der Waals surface area contributed by atoms with Crippen molar-refractivity contribution in [2.45, 2.75) is 37.6 Å². The molecule has 0 aromatic heterocycles. The van der Waals surface area contributed by atoms with Crippen molar-refractivity contribution in [2.75, 3.05) is 19.4 Å². The van der Waals surface area contributed by atoms with Crippen molar-refractivity contribution in [3.05, 3.63) is 24.3 Å². The van der Waals surface area contributed by atoms with Gasteiger partial charge in [-0.25, -0.2) is 12.7 Å². The monoisotopic (exact) mass is 329 g/mol. The van der Waals surface area contributed by atoms with Crippen LogP contribution in [-0.2, 0) is 10.0 Å². The van der Waals surface area contributed by atoms with E-state index in [0.29, 0.717) is 10.8 Å². The second-order valence-electron chi connectivity index (χ2n) is 5.10. The van der Waals surface area contributed by atoms with Crippen molar-refractivity contribution >= 4 is 33.0 Å². The fourth-order valence-electron chi connectivity index (χ4n) is 1.84.